The van der Waals surface area contributed by atoms with Crippen molar-refractivity contribution in [2.75, 3.05) is 11.3 Å². The first-order valence-corrected chi connectivity index (χ1v) is 16.0. The Morgan fingerprint density at radius 2 is 1.77 bits per heavy atom. The van der Waals surface area contributed by atoms with Crippen molar-refractivity contribution in [1.29, 1.82) is 0 Å². The predicted molar refractivity (Wildman–Crippen MR) is 168 cm³/mol. The minimum Gasteiger partial charge on any atom is -0.475 e. The van der Waals surface area contributed by atoms with Crippen LogP contribution in [0.4, 0.5) is 5.95 Å². The molecule has 0 unspecified atom stereocenters. The second kappa shape index (κ2) is 11.7. The number of amides is 1. The summed E-state index contributed by atoms with van der Waals surface area (Å²) in [6, 6.07) is 19.0. The second-order valence-corrected chi connectivity index (χ2v) is 13.2. The maximum absolute atomic E-state index is 14.3. The minimum absolute atomic E-state index is 0.0682. The molecule has 0 radical (unpaired) electrons. The number of nitrogens with zero attached hydrogens (tertiary/aromatic N) is 5. The van der Waals surface area contributed by atoms with E-state index in [1.165, 1.54) is 12.1 Å². The zero-order chi connectivity index (χ0) is 31.0. The number of anilines is 1. The summed E-state index contributed by atoms with van der Waals surface area (Å²) in [5.74, 6) is 0.0168. The van der Waals surface area contributed by atoms with Gasteiger partial charge in [-0.25, -0.2) is 23.1 Å². The maximum atomic E-state index is 14.3. The number of imidazole rings is 1. The SMILES string of the molecule is Cc1cccc(C)c1-c1cc2nc(n1)NS(=O)(=O)c1cccc(c1)C(=O)N(Cc1cnc3ccccn13)[C@H](CC(C)C)CO2. The highest BCUT2D eigenvalue weighted by molar-refractivity contribution is 7.92. The summed E-state index contributed by atoms with van der Waals surface area (Å²) < 4.78 is 38.0. The van der Waals surface area contributed by atoms with Gasteiger partial charge in [0.2, 0.25) is 11.8 Å². The third-order valence-electron chi connectivity index (χ3n) is 7.75. The highest BCUT2D eigenvalue weighted by Gasteiger charge is 2.30. The first kappa shape index (κ1) is 29.3. The van der Waals surface area contributed by atoms with Crippen molar-refractivity contribution in [3.63, 3.8) is 0 Å². The molecule has 1 aliphatic heterocycles. The summed E-state index contributed by atoms with van der Waals surface area (Å²) >= 11 is 0. The zero-order valence-electron chi connectivity index (χ0n) is 25.1. The number of carbonyl (C=O) groups excluding carboxylic acids is 1. The maximum Gasteiger partial charge on any atom is 0.264 e. The number of fused-ring (bicyclic) bond motifs is 5. The summed E-state index contributed by atoms with van der Waals surface area (Å²) in [6.07, 6.45) is 4.31. The third-order valence-corrected chi connectivity index (χ3v) is 9.08. The van der Waals surface area contributed by atoms with E-state index < -0.39 is 10.0 Å². The van der Waals surface area contributed by atoms with Gasteiger partial charge in [-0.15, -0.1) is 0 Å². The smallest absolute Gasteiger partial charge is 0.264 e. The lowest BCUT2D eigenvalue weighted by Gasteiger charge is -2.33. The molecular formula is C33H34N6O4S. The molecule has 1 aliphatic rings. The molecule has 3 aromatic heterocycles. The summed E-state index contributed by atoms with van der Waals surface area (Å²) in [7, 11) is -4.15. The number of hydrogen-bond donors (Lipinski definition) is 1. The van der Waals surface area contributed by atoms with Crippen LogP contribution in [0.3, 0.4) is 0 Å². The largest absolute Gasteiger partial charge is 0.475 e. The Morgan fingerprint density at radius 1 is 1.00 bits per heavy atom. The quantitative estimate of drug-likeness (QED) is 0.273. The Kier molecular flexibility index (Phi) is 7.81. The van der Waals surface area contributed by atoms with Crippen LogP contribution in [-0.4, -0.2) is 51.2 Å². The lowest BCUT2D eigenvalue weighted by molar-refractivity contribution is 0.0549. The van der Waals surface area contributed by atoms with E-state index in [1.54, 1.807) is 29.3 Å². The van der Waals surface area contributed by atoms with Crippen molar-refractivity contribution in [3.8, 4) is 17.1 Å². The van der Waals surface area contributed by atoms with Gasteiger partial charge >= 0.3 is 0 Å². The molecule has 0 saturated heterocycles. The average molecular weight is 611 g/mol. The van der Waals surface area contributed by atoms with Crippen LogP contribution in [0.15, 0.2) is 84.0 Å². The number of benzene rings is 2. The van der Waals surface area contributed by atoms with Crippen molar-refractivity contribution < 1.29 is 17.9 Å². The molecule has 11 heteroatoms. The lowest BCUT2D eigenvalue weighted by Crippen LogP contribution is -2.44. The van der Waals surface area contributed by atoms with Crippen LogP contribution in [0.25, 0.3) is 16.9 Å². The van der Waals surface area contributed by atoms with Gasteiger partial charge in [-0.1, -0.05) is 44.2 Å². The molecule has 0 spiro atoms. The van der Waals surface area contributed by atoms with Gasteiger partial charge in [0.25, 0.3) is 15.9 Å². The Hall–Kier alpha value is -4.77. The molecule has 1 atom stereocenters. The molecule has 0 aliphatic carbocycles. The second-order valence-electron chi connectivity index (χ2n) is 11.5. The van der Waals surface area contributed by atoms with Crippen LogP contribution in [0.2, 0.25) is 0 Å². The molecule has 5 aromatic rings. The molecule has 2 aromatic carbocycles. The number of ether oxygens (including phenoxy) is 1. The summed E-state index contributed by atoms with van der Waals surface area (Å²) in [5, 5.41) is 0. The molecule has 1 amide bonds. The van der Waals surface area contributed by atoms with Crippen molar-refractivity contribution in [1.82, 2.24) is 24.3 Å². The molecule has 0 fully saturated rings. The van der Waals surface area contributed by atoms with E-state index in [0.717, 1.165) is 28.0 Å². The van der Waals surface area contributed by atoms with Crippen LogP contribution in [0.1, 0.15) is 47.4 Å². The number of aryl methyl sites for hydroxylation is 2. The molecule has 4 bridgehead atoms. The molecular weight excluding hydrogens is 576 g/mol. The van der Waals surface area contributed by atoms with Crippen molar-refractivity contribution in [3.05, 3.63) is 102 Å². The highest BCUT2D eigenvalue weighted by atomic mass is 32.2. The Morgan fingerprint density at radius 3 is 2.55 bits per heavy atom. The zero-order valence-corrected chi connectivity index (χ0v) is 25.9. The Labute approximate surface area is 256 Å². The first-order valence-electron chi connectivity index (χ1n) is 14.5. The Bertz CT molecular complexity index is 1950. The number of carbonyl (C=O) groups is 1. The van der Waals surface area contributed by atoms with Gasteiger partial charge in [-0.3, -0.25) is 4.79 Å². The van der Waals surface area contributed by atoms with Crippen LogP contribution in [-0.2, 0) is 16.6 Å². The van der Waals surface area contributed by atoms with Gasteiger partial charge in [-0.2, -0.15) is 4.98 Å². The molecule has 4 heterocycles. The molecule has 10 nitrogen and oxygen atoms in total. The normalized spacial score (nSPS) is 16.5. The van der Waals surface area contributed by atoms with Crippen LogP contribution < -0.4 is 9.46 Å². The monoisotopic (exact) mass is 610 g/mol. The fraction of sp³-hybridized carbons (Fsp3) is 0.273. The summed E-state index contributed by atoms with van der Waals surface area (Å²) in [5.41, 5.74) is 5.20. The van der Waals surface area contributed by atoms with Gasteiger partial charge in [0.05, 0.1) is 35.1 Å². The lowest BCUT2D eigenvalue weighted by atomic mass is 10.00. The van der Waals surface area contributed by atoms with Crippen molar-refractivity contribution in [2.24, 2.45) is 5.92 Å². The van der Waals surface area contributed by atoms with Gasteiger partial charge < -0.3 is 14.0 Å². The molecule has 226 valence electrons. The standard InChI is InChI=1S/C33H34N6O4S/c1-21(2)15-25-20-43-30-17-28(31-22(3)9-7-10-23(31)4)35-33(36-30)37-44(41,42)27-12-8-11-24(16-27)32(40)39(25)19-26-18-34-29-13-5-6-14-38(26)29/h5-14,16-18,21,25H,15,19-20H2,1-4H3,(H,35,36,37)/t25-/m1/s1. The van der Waals surface area contributed by atoms with Crippen molar-refractivity contribution >= 4 is 27.5 Å². The van der Waals surface area contributed by atoms with Crippen molar-refractivity contribution in [2.45, 2.75) is 51.6 Å². The number of sulfonamides is 1. The topological polar surface area (TPSA) is 119 Å². The number of nitrogens with one attached hydrogen (secondary N) is 1. The number of pyridine rings is 1. The van der Waals surface area contributed by atoms with E-state index in [9.17, 15) is 13.2 Å². The summed E-state index contributed by atoms with van der Waals surface area (Å²) in [4.78, 5) is 29.5. The van der Waals surface area contributed by atoms with E-state index in [-0.39, 0.29) is 53.3 Å². The van der Waals surface area contributed by atoms with Crippen LogP contribution >= 0.6 is 0 Å². The molecule has 0 saturated carbocycles. The number of aromatic nitrogens is 4. The van der Waals surface area contributed by atoms with Crippen LogP contribution in [0.5, 0.6) is 5.88 Å². The molecule has 44 heavy (non-hydrogen) atoms. The minimum atomic E-state index is -4.15. The van der Waals surface area contributed by atoms with E-state index in [1.807, 2.05) is 60.8 Å². The Balaban J connectivity index is 1.50. The molecule has 1 N–H and O–H groups in total. The van der Waals surface area contributed by atoms with Crippen LogP contribution in [0, 0.1) is 19.8 Å². The molecule has 6 rings (SSSR count). The predicted octanol–water partition coefficient (Wildman–Crippen LogP) is 5.66. The fourth-order valence-electron chi connectivity index (χ4n) is 5.69. The average Bonchev–Trinajstić information content (AvgIpc) is 3.40. The fourth-order valence-corrected chi connectivity index (χ4v) is 6.68. The first-order chi connectivity index (χ1) is 21.1. The van der Waals surface area contributed by atoms with E-state index in [2.05, 4.69) is 33.5 Å². The summed E-state index contributed by atoms with van der Waals surface area (Å²) in [6.45, 7) is 8.52. The van der Waals surface area contributed by atoms with Gasteiger partial charge in [0.1, 0.15) is 12.3 Å². The van der Waals surface area contributed by atoms with Gasteiger partial charge in [-0.05, 0) is 67.6 Å². The van der Waals surface area contributed by atoms with E-state index >= 15 is 0 Å². The number of hydrogen-bond acceptors (Lipinski definition) is 7. The number of rotatable bonds is 5. The van der Waals surface area contributed by atoms with E-state index in [0.29, 0.717) is 12.1 Å². The van der Waals surface area contributed by atoms with Gasteiger partial charge in [0.15, 0.2) is 0 Å². The third kappa shape index (κ3) is 5.87. The highest BCUT2D eigenvalue weighted by Crippen LogP contribution is 2.30. The van der Waals surface area contributed by atoms with Gasteiger partial charge in [0, 0.05) is 23.4 Å². The van der Waals surface area contributed by atoms with E-state index in [4.69, 9.17) is 4.74 Å².